The summed E-state index contributed by atoms with van der Waals surface area (Å²) in [5.41, 5.74) is 0.618. The van der Waals surface area contributed by atoms with Gasteiger partial charge in [0.2, 0.25) is 5.82 Å². The van der Waals surface area contributed by atoms with Gasteiger partial charge < -0.3 is 15.0 Å². The van der Waals surface area contributed by atoms with Gasteiger partial charge >= 0.3 is 6.18 Å². The van der Waals surface area contributed by atoms with Crippen molar-refractivity contribution in [3.8, 4) is 5.75 Å². The molecule has 0 aliphatic carbocycles. The van der Waals surface area contributed by atoms with Crippen molar-refractivity contribution in [3.05, 3.63) is 71.6 Å². The van der Waals surface area contributed by atoms with Crippen molar-refractivity contribution in [2.45, 2.75) is 31.6 Å². The van der Waals surface area contributed by atoms with Gasteiger partial charge in [-0.1, -0.05) is 12.1 Å². The predicted octanol–water partition coefficient (Wildman–Crippen LogP) is 4.99. The van der Waals surface area contributed by atoms with Gasteiger partial charge in [0.15, 0.2) is 11.6 Å². The van der Waals surface area contributed by atoms with Crippen LogP contribution in [0.1, 0.15) is 35.7 Å². The maximum Gasteiger partial charge on any atom is 0.416 e. The van der Waals surface area contributed by atoms with Crippen LogP contribution in [0.25, 0.3) is 0 Å². The van der Waals surface area contributed by atoms with Crippen LogP contribution in [0.15, 0.2) is 48.9 Å². The van der Waals surface area contributed by atoms with Gasteiger partial charge in [-0.2, -0.15) is 17.6 Å². The molecule has 1 N–H and O–H groups in total. The van der Waals surface area contributed by atoms with Crippen molar-refractivity contribution in [1.29, 1.82) is 0 Å². The summed E-state index contributed by atoms with van der Waals surface area (Å²) in [5, 5.41) is 2.93. The standard InChI is InChI=1S/C22H21F4N5O/c1-32-17-8-9-27-16(11-17)12-28-20-19(23)21(30-13-29-20)31-10-2-3-18(31)14-4-6-15(7-5-14)22(24,25)26/h4-9,11,13,18H,2-3,10,12H2,1H3,(H,28,29,30). The van der Waals surface area contributed by atoms with E-state index in [9.17, 15) is 13.2 Å². The number of methoxy groups -OCH3 is 1. The Hall–Kier alpha value is -3.43. The van der Waals surface area contributed by atoms with Crippen LogP contribution < -0.4 is 15.0 Å². The fraction of sp³-hybridized carbons (Fsp3) is 0.318. The van der Waals surface area contributed by atoms with Crippen LogP contribution >= 0.6 is 0 Å². The molecule has 0 amide bonds. The van der Waals surface area contributed by atoms with Gasteiger partial charge in [-0.3, -0.25) is 4.98 Å². The molecule has 3 heterocycles. The van der Waals surface area contributed by atoms with Crippen LogP contribution in [0.4, 0.5) is 29.2 Å². The van der Waals surface area contributed by atoms with Crippen molar-refractivity contribution in [2.24, 2.45) is 0 Å². The normalized spacial score (nSPS) is 16.3. The monoisotopic (exact) mass is 447 g/mol. The third-order valence-electron chi connectivity index (χ3n) is 5.38. The molecule has 0 bridgehead atoms. The molecule has 1 atom stereocenters. The molecule has 3 aromatic rings. The minimum absolute atomic E-state index is 0.0256. The molecule has 32 heavy (non-hydrogen) atoms. The number of anilines is 2. The molecule has 10 heteroatoms. The number of pyridine rings is 1. The number of hydrogen-bond acceptors (Lipinski definition) is 6. The van der Waals surface area contributed by atoms with Crippen molar-refractivity contribution in [1.82, 2.24) is 15.0 Å². The van der Waals surface area contributed by atoms with Gasteiger partial charge in [0.05, 0.1) is 31.0 Å². The predicted molar refractivity (Wildman–Crippen MR) is 111 cm³/mol. The van der Waals surface area contributed by atoms with E-state index in [0.29, 0.717) is 30.0 Å². The van der Waals surface area contributed by atoms with Crippen LogP contribution in [0.2, 0.25) is 0 Å². The summed E-state index contributed by atoms with van der Waals surface area (Å²) in [6.45, 7) is 0.767. The average molecular weight is 447 g/mol. The Kier molecular flexibility index (Phi) is 6.11. The number of benzene rings is 1. The molecule has 0 radical (unpaired) electrons. The minimum Gasteiger partial charge on any atom is -0.497 e. The SMILES string of the molecule is COc1ccnc(CNc2ncnc(N3CCCC3c3ccc(C(F)(F)F)cc3)c2F)c1. The molecule has 0 saturated carbocycles. The minimum atomic E-state index is -4.40. The fourth-order valence-corrected chi connectivity index (χ4v) is 3.80. The molecule has 1 saturated heterocycles. The second-order valence-electron chi connectivity index (χ2n) is 7.37. The molecule has 4 rings (SSSR count). The molecule has 0 spiro atoms. The van der Waals surface area contributed by atoms with E-state index in [2.05, 4.69) is 20.3 Å². The summed E-state index contributed by atoms with van der Waals surface area (Å²) < 4.78 is 59.1. The Bertz CT molecular complexity index is 1070. The Morgan fingerprint density at radius 2 is 1.91 bits per heavy atom. The van der Waals surface area contributed by atoms with Crippen molar-refractivity contribution < 1.29 is 22.3 Å². The fourth-order valence-electron chi connectivity index (χ4n) is 3.80. The van der Waals surface area contributed by atoms with E-state index in [1.807, 2.05) is 0 Å². The molecule has 1 aliphatic heterocycles. The van der Waals surface area contributed by atoms with E-state index in [4.69, 9.17) is 4.74 Å². The van der Waals surface area contributed by atoms with E-state index >= 15 is 4.39 Å². The van der Waals surface area contributed by atoms with Crippen LogP contribution in [-0.2, 0) is 12.7 Å². The lowest BCUT2D eigenvalue weighted by Crippen LogP contribution is -2.25. The van der Waals surface area contributed by atoms with E-state index in [1.54, 1.807) is 30.3 Å². The Morgan fingerprint density at radius 3 is 2.62 bits per heavy atom. The van der Waals surface area contributed by atoms with Gasteiger partial charge in [0.25, 0.3) is 0 Å². The maximum atomic E-state index is 15.3. The molecule has 1 aliphatic rings. The average Bonchev–Trinajstić information content (AvgIpc) is 3.28. The van der Waals surface area contributed by atoms with Crippen LogP contribution in [-0.4, -0.2) is 28.6 Å². The molecular formula is C22H21F4N5O. The number of rotatable bonds is 6. The van der Waals surface area contributed by atoms with Crippen LogP contribution in [0.5, 0.6) is 5.75 Å². The third kappa shape index (κ3) is 4.58. The number of halogens is 4. The number of ether oxygens (including phenoxy) is 1. The zero-order valence-electron chi connectivity index (χ0n) is 17.2. The first-order chi connectivity index (χ1) is 15.4. The molecule has 1 unspecified atom stereocenters. The summed E-state index contributed by atoms with van der Waals surface area (Å²) in [7, 11) is 1.55. The highest BCUT2D eigenvalue weighted by atomic mass is 19.4. The van der Waals surface area contributed by atoms with E-state index < -0.39 is 17.6 Å². The van der Waals surface area contributed by atoms with E-state index in [1.165, 1.54) is 18.5 Å². The smallest absolute Gasteiger partial charge is 0.416 e. The number of alkyl halides is 3. The van der Waals surface area contributed by atoms with Gasteiger partial charge in [0, 0.05) is 18.8 Å². The highest BCUT2D eigenvalue weighted by Gasteiger charge is 2.33. The summed E-state index contributed by atoms with van der Waals surface area (Å²) >= 11 is 0. The largest absolute Gasteiger partial charge is 0.497 e. The lowest BCUT2D eigenvalue weighted by atomic mass is 10.0. The highest BCUT2D eigenvalue weighted by molar-refractivity contribution is 5.53. The summed E-state index contributed by atoms with van der Waals surface area (Å²) in [6.07, 6.45) is -0.0832. The quantitative estimate of drug-likeness (QED) is 0.537. The summed E-state index contributed by atoms with van der Waals surface area (Å²) in [5.74, 6) is 0.160. The van der Waals surface area contributed by atoms with E-state index in [-0.39, 0.29) is 24.2 Å². The molecule has 168 valence electrons. The van der Waals surface area contributed by atoms with Crippen LogP contribution in [0, 0.1) is 5.82 Å². The second kappa shape index (κ2) is 8.97. The van der Waals surface area contributed by atoms with Gasteiger partial charge in [-0.15, -0.1) is 0 Å². The lowest BCUT2D eigenvalue weighted by Gasteiger charge is -2.27. The Morgan fingerprint density at radius 1 is 1.12 bits per heavy atom. The van der Waals surface area contributed by atoms with Crippen molar-refractivity contribution >= 4 is 11.6 Å². The van der Waals surface area contributed by atoms with Crippen molar-refractivity contribution in [2.75, 3.05) is 23.9 Å². The highest BCUT2D eigenvalue weighted by Crippen LogP contribution is 2.38. The first kappa shape index (κ1) is 21.8. The molecular weight excluding hydrogens is 426 g/mol. The molecule has 2 aromatic heterocycles. The topological polar surface area (TPSA) is 63.2 Å². The summed E-state index contributed by atoms with van der Waals surface area (Å²) in [6, 6.07) is 8.16. The number of hydrogen-bond donors (Lipinski definition) is 1. The molecule has 6 nitrogen and oxygen atoms in total. The first-order valence-corrected chi connectivity index (χ1v) is 10.0. The van der Waals surface area contributed by atoms with Crippen LogP contribution in [0.3, 0.4) is 0 Å². The number of nitrogens with one attached hydrogen (secondary N) is 1. The lowest BCUT2D eigenvalue weighted by molar-refractivity contribution is -0.137. The Balaban J connectivity index is 1.54. The first-order valence-electron chi connectivity index (χ1n) is 10.0. The van der Waals surface area contributed by atoms with E-state index in [0.717, 1.165) is 18.6 Å². The van der Waals surface area contributed by atoms with Crippen molar-refractivity contribution in [3.63, 3.8) is 0 Å². The number of aromatic nitrogens is 3. The zero-order chi connectivity index (χ0) is 22.7. The van der Waals surface area contributed by atoms with Gasteiger partial charge in [-0.05, 0) is 36.6 Å². The van der Waals surface area contributed by atoms with Gasteiger partial charge in [-0.25, -0.2) is 9.97 Å². The second-order valence-corrected chi connectivity index (χ2v) is 7.37. The molecule has 1 aromatic carbocycles. The number of nitrogens with zero attached hydrogens (tertiary/aromatic N) is 4. The zero-order valence-corrected chi connectivity index (χ0v) is 17.2. The third-order valence-corrected chi connectivity index (χ3v) is 5.38. The Labute approximate surface area is 182 Å². The summed E-state index contributed by atoms with van der Waals surface area (Å²) in [4.78, 5) is 14.1. The van der Waals surface area contributed by atoms with Gasteiger partial charge in [0.1, 0.15) is 12.1 Å². The maximum absolute atomic E-state index is 15.3. The molecule has 1 fully saturated rings.